The highest BCUT2D eigenvalue weighted by molar-refractivity contribution is 14.0. The number of nitrogens with one attached hydrogen (secondary N) is 1. The maximum Gasteiger partial charge on any atom is 0.193 e. The number of aliphatic imine (C=N–C) groups is 1. The molecule has 7 heteroatoms. The van der Waals surface area contributed by atoms with Crippen LogP contribution in [0.25, 0.3) is 0 Å². The molecule has 21 heavy (non-hydrogen) atoms. The SMILES string of the molecule is CN=C(NCC1(O)CCC1)N(C)Cc1cc(Br)cn1C.I. The van der Waals surface area contributed by atoms with Crippen LogP contribution >= 0.6 is 39.9 Å². The fraction of sp³-hybridized carbons (Fsp3) is 0.643. The molecule has 1 heterocycles. The minimum Gasteiger partial charge on any atom is -0.388 e. The van der Waals surface area contributed by atoms with Crippen LogP contribution in [0.2, 0.25) is 0 Å². The average molecular weight is 471 g/mol. The molecule has 0 atom stereocenters. The first kappa shape index (κ1) is 18.8. The van der Waals surface area contributed by atoms with E-state index in [9.17, 15) is 5.11 Å². The van der Waals surface area contributed by atoms with E-state index in [1.54, 1.807) is 7.05 Å². The van der Waals surface area contributed by atoms with E-state index in [1.807, 2.05) is 20.3 Å². The smallest absolute Gasteiger partial charge is 0.193 e. The van der Waals surface area contributed by atoms with E-state index in [-0.39, 0.29) is 24.0 Å². The number of rotatable bonds is 4. The fourth-order valence-corrected chi connectivity index (χ4v) is 3.00. The Morgan fingerprint density at radius 3 is 2.67 bits per heavy atom. The van der Waals surface area contributed by atoms with E-state index >= 15 is 0 Å². The van der Waals surface area contributed by atoms with Gasteiger partial charge in [0.05, 0.1) is 12.1 Å². The van der Waals surface area contributed by atoms with Gasteiger partial charge in [0.25, 0.3) is 0 Å². The number of hydrogen-bond acceptors (Lipinski definition) is 2. The lowest BCUT2D eigenvalue weighted by Gasteiger charge is -2.37. The van der Waals surface area contributed by atoms with Crippen molar-refractivity contribution >= 4 is 45.9 Å². The van der Waals surface area contributed by atoms with Crippen molar-refractivity contribution in [1.82, 2.24) is 14.8 Å². The van der Waals surface area contributed by atoms with Crippen LogP contribution in [0.15, 0.2) is 21.7 Å². The van der Waals surface area contributed by atoms with Crippen molar-refractivity contribution in [1.29, 1.82) is 0 Å². The van der Waals surface area contributed by atoms with Gasteiger partial charge in [0, 0.05) is 44.1 Å². The summed E-state index contributed by atoms with van der Waals surface area (Å²) >= 11 is 3.48. The highest BCUT2D eigenvalue weighted by atomic mass is 127. The molecule has 0 spiro atoms. The van der Waals surface area contributed by atoms with Crippen molar-refractivity contribution in [3.05, 3.63) is 22.4 Å². The van der Waals surface area contributed by atoms with Gasteiger partial charge in [-0.1, -0.05) is 0 Å². The summed E-state index contributed by atoms with van der Waals surface area (Å²) < 4.78 is 3.17. The lowest BCUT2D eigenvalue weighted by molar-refractivity contribution is -0.0282. The zero-order valence-corrected chi connectivity index (χ0v) is 16.7. The van der Waals surface area contributed by atoms with Crippen LogP contribution in [-0.4, -0.2) is 46.8 Å². The molecule has 1 aromatic heterocycles. The van der Waals surface area contributed by atoms with Crippen molar-refractivity contribution in [3.63, 3.8) is 0 Å². The number of hydrogen-bond donors (Lipinski definition) is 2. The van der Waals surface area contributed by atoms with Crippen LogP contribution in [0.3, 0.4) is 0 Å². The summed E-state index contributed by atoms with van der Waals surface area (Å²) in [5.41, 5.74) is 0.662. The summed E-state index contributed by atoms with van der Waals surface area (Å²) in [5.74, 6) is 0.808. The molecule has 0 aliphatic heterocycles. The molecule has 0 radical (unpaired) electrons. The molecule has 2 rings (SSSR count). The van der Waals surface area contributed by atoms with E-state index in [0.717, 1.165) is 36.2 Å². The third-order valence-electron chi connectivity index (χ3n) is 3.91. The highest BCUT2D eigenvalue weighted by Gasteiger charge is 2.34. The molecule has 1 saturated carbocycles. The third-order valence-corrected chi connectivity index (χ3v) is 4.34. The second kappa shape index (κ2) is 7.82. The van der Waals surface area contributed by atoms with Crippen molar-refractivity contribution in [2.75, 3.05) is 20.6 Å². The van der Waals surface area contributed by atoms with Crippen molar-refractivity contribution in [3.8, 4) is 0 Å². The Hall–Kier alpha value is -0.280. The fourth-order valence-electron chi connectivity index (χ4n) is 2.43. The van der Waals surface area contributed by atoms with Crippen LogP contribution in [0.1, 0.15) is 25.0 Å². The van der Waals surface area contributed by atoms with E-state index in [1.165, 1.54) is 5.69 Å². The van der Waals surface area contributed by atoms with Gasteiger partial charge in [0.2, 0.25) is 0 Å². The molecular weight excluding hydrogens is 447 g/mol. The van der Waals surface area contributed by atoms with E-state index in [0.29, 0.717) is 6.54 Å². The summed E-state index contributed by atoms with van der Waals surface area (Å²) in [6.07, 6.45) is 4.91. The number of nitrogens with zero attached hydrogens (tertiary/aromatic N) is 3. The normalized spacial score (nSPS) is 16.9. The van der Waals surface area contributed by atoms with E-state index < -0.39 is 5.60 Å². The Morgan fingerprint density at radius 2 is 2.24 bits per heavy atom. The minimum atomic E-state index is -0.537. The van der Waals surface area contributed by atoms with Gasteiger partial charge < -0.3 is 19.9 Å². The maximum absolute atomic E-state index is 10.1. The minimum absolute atomic E-state index is 0. The first-order valence-corrected chi connectivity index (χ1v) is 7.68. The van der Waals surface area contributed by atoms with Gasteiger partial charge in [-0.3, -0.25) is 4.99 Å². The molecule has 120 valence electrons. The quantitative estimate of drug-likeness (QED) is 0.403. The van der Waals surface area contributed by atoms with Gasteiger partial charge in [-0.2, -0.15) is 0 Å². The Balaban J connectivity index is 0.00000220. The summed E-state index contributed by atoms with van der Waals surface area (Å²) in [6, 6.07) is 2.10. The molecule has 0 unspecified atom stereocenters. The molecule has 1 aliphatic rings. The van der Waals surface area contributed by atoms with Crippen molar-refractivity contribution in [2.24, 2.45) is 12.0 Å². The topological polar surface area (TPSA) is 52.8 Å². The molecule has 5 nitrogen and oxygen atoms in total. The number of aryl methyl sites for hydroxylation is 1. The Morgan fingerprint density at radius 1 is 1.57 bits per heavy atom. The highest BCUT2D eigenvalue weighted by Crippen LogP contribution is 2.30. The maximum atomic E-state index is 10.1. The number of aromatic nitrogens is 1. The summed E-state index contributed by atoms with van der Waals surface area (Å²) in [6.45, 7) is 1.33. The summed E-state index contributed by atoms with van der Waals surface area (Å²) in [5, 5.41) is 13.4. The Bertz CT molecular complexity index is 499. The molecular formula is C14H24BrIN4O. The van der Waals surface area contributed by atoms with Gasteiger partial charge >= 0.3 is 0 Å². The number of aliphatic hydroxyl groups is 1. The Labute approximate surface area is 152 Å². The standard InChI is InChI=1S/C14H23BrN4O.HI/c1-16-13(17-10-14(20)5-4-6-14)19(3)9-12-7-11(15)8-18(12)2;/h7-8,20H,4-6,9-10H2,1-3H3,(H,16,17);1H. The molecule has 0 saturated heterocycles. The van der Waals surface area contributed by atoms with Gasteiger partial charge in [0.15, 0.2) is 5.96 Å². The summed E-state index contributed by atoms with van der Waals surface area (Å²) in [4.78, 5) is 6.34. The van der Waals surface area contributed by atoms with Crippen LogP contribution in [-0.2, 0) is 13.6 Å². The monoisotopic (exact) mass is 470 g/mol. The second-order valence-corrected chi connectivity index (χ2v) is 6.51. The summed E-state index contributed by atoms with van der Waals surface area (Å²) in [7, 11) is 5.80. The van der Waals surface area contributed by atoms with E-state index in [4.69, 9.17) is 0 Å². The zero-order valence-electron chi connectivity index (χ0n) is 12.8. The first-order valence-electron chi connectivity index (χ1n) is 6.88. The van der Waals surface area contributed by atoms with Gasteiger partial charge in [-0.25, -0.2) is 0 Å². The van der Waals surface area contributed by atoms with Gasteiger partial charge in [-0.05, 0) is 41.3 Å². The van der Waals surface area contributed by atoms with Crippen LogP contribution < -0.4 is 5.32 Å². The molecule has 1 fully saturated rings. The number of halogens is 2. The third kappa shape index (κ3) is 4.85. The molecule has 1 aromatic rings. The van der Waals surface area contributed by atoms with Crippen molar-refractivity contribution in [2.45, 2.75) is 31.4 Å². The molecule has 0 aromatic carbocycles. The Kier molecular flexibility index (Phi) is 6.99. The molecule has 0 bridgehead atoms. The number of guanidine groups is 1. The van der Waals surface area contributed by atoms with Crippen LogP contribution in [0.5, 0.6) is 0 Å². The predicted octanol–water partition coefficient (Wildman–Crippen LogP) is 2.33. The zero-order chi connectivity index (χ0) is 14.8. The van der Waals surface area contributed by atoms with Crippen LogP contribution in [0, 0.1) is 0 Å². The van der Waals surface area contributed by atoms with Gasteiger partial charge in [-0.15, -0.1) is 24.0 Å². The second-order valence-electron chi connectivity index (χ2n) is 5.60. The predicted molar refractivity (Wildman–Crippen MR) is 100 cm³/mol. The lowest BCUT2D eigenvalue weighted by Crippen LogP contribution is -2.50. The van der Waals surface area contributed by atoms with Gasteiger partial charge in [0.1, 0.15) is 0 Å². The van der Waals surface area contributed by atoms with Crippen LogP contribution in [0.4, 0.5) is 0 Å². The largest absolute Gasteiger partial charge is 0.388 e. The molecule has 2 N–H and O–H groups in total. The molecule has 0 amide bonds. The van der Waals surface area contributed by atoms with E-state index in [2.05, 4.69) is 41.8 Å². The first-order chi connectivity index (χ1) is 9.43. The van der Waals surface area contributed by atoms with Crippen molar-refractivity contribution < 1.29 is 5.11 Å². The lowest BCUT2D eigenvalue weighted by atomic mass is 9.80. The average Bonchev–Trinajstić information content (AvgIpc) is 2.66. The molecule has 1 aliphatic carbocycles.